The van der Waals surface area contributed by atoms with Crippen LogP contribution in [0.2, 0.25) is 0 Å². The fraction of sp³-hybridized carbons (Fsp3) is 0.480. The predicted octanol–water partition coefficient (Wildman–Crippen LogP) is -1.95. The van der Waals surface area contributed by atoms with E-state index in [2.05, 4.69) is 0 Å². The second kappa shape index (κ2) is 10.3. The van der Waals surface area contributed by atoms with Gasteiger partial charge in [0.25, 0.3) is 0 Å². The fourth-order valence-electron chi connectivity index (χ4n) is 4.91. The number of methoxy groups -OCH3 is 1. The largest absolute Gasteiger partial charge is 0.507 e. The summed E-state index contributed by atoms with van der Waals surface area (Å²) in [5, 5.41) is 92.6. The number of benzene rings is 2. The van der Waals surface area contributed by atoms with Gasteiger partial charge >= 0.3 is 0 Å². The Labute approximate surface area is 224 Å². The quantitative estimate of drug-likeness (QED) is 0.147. The average molecular weight is 568 g/mol. The van der Waals surface area contributed by atoms with Gasteiger partial charge in [-0.25, -0.2) is 0 Å². The van der Waals surface area contributed by atoms with Gasteiger partial charge in [0.2, 0.25) is 5.43 Å². The summed E-state index contributed by atoms with van der Waals surface area (Å²) in [5.74, 6) is -1.90. The lowest BCUT2D eigenvalue weighted by Gasteiger charge is -2.41. The molecule has 15 nitrogen and oxygen atoms in total. The Kier molecular flexibility index (Phi) is 7.28. The molecule has 3 heterocycles. The van der Waals surface area contributed by atoms with Crippen molar-refractivity contribution in [2.75, 3.05) is 26.9 Å². The number of aliphatic hydroxyl groups excluding tert-OH is 5. The first-order chi connectivity index (χ1) is 18.9. The summed E-state index contributed by atoms with van der Waals surface area (Å²) in [6.07, 6.45) is -11.8. The maximum Gasteiger partial charge on any atom is 0.204 e. The molecule has 5 rings (SSSR count). The monoisotopic (exact) mass is 568 g/mol. The van der Waals surface area contributed by atoms with Gasteiger partial charge in [0.05, 0.1) is 37.9 Å². The molecule has 1 aromatic heterocycles. The van der Waals surface area contributed by atoms with Gasteiger partial charge in [0, 0.05) is 12.1 Å². The Morgan fingerprint density at radius 3 is 2.35 bits per heavy atom. The molecule has 0 amide bonds. The van der Waals surface area contributed by atoms with Crippen LogP contribution < -0.4 is 10.2 Å². The maximum atomic E-state index is 13.3. The number of fused-ring (bicyclic) bond motifs is 2. The molecule has 2 aromatic carbocycles. The van der Waals surface area contributed by atoms with E-state index in [9.17, 15) is 50.8 Å². The SMILES string of the molecule is COc1cc2c(=O)c3c(O)c([C@H]4O[C@H](CO[C@H]5OC[C@](O)(CO)[C@H]5O)[C@@H](O)[C@H](O)[C@H]4O)c(O)cc3oc2cc1O. The van der Waals surface area contributed by atoms with Crippen LogP contribution in [-0.4, -0.2) is 115 Å². The molecule has 8 atom stereocenters. The van der Waals surface area contributed by atoms with Gasteiger partial charge in [-0.15, -0.1) is 0 Å². The molecule has 0 unspecified atom stereocenters. The predicted molar refractivity (Wildman–Crippen MR) is 131 cm³/mol. The van der Waals surface area contributed by atoms with E-state index in [1.807, 2.05) is 0 Å². The molecule has 0 radical (unpaired) electrons. The third kappa shape index (κ3) is 4.41. The summed E-state index contributed by atoms with van der Waals surface area (Å²) in [7, 11) is 1.27. The highest BCUT2D eigenvalue weighted by Gasteiger charge is 2.50. The molecular formula is C25H28O15. The summed E-state index contributed by atoms with van der Waals surface area (Å²) >= 11 is 0. The van der Waals surface area contributed by atoms with Gasteiger partial charge in [0.1, 0.15) is 70.3 Å². The summed E-state index contributed by atoms with van der Waals surface area (Å²) < 4.78 is 26.8. The average Bonchev–Trinajstić information content (AvgIpc) is 3.21. The molecular weight excluding hydrogens is 540 g/mol. The van der Waals surface area contributed by atoms with E-state index < -0.39 is 96.2 Å². The lowest BCUT2D eigenvalue weighted by molar-refractivity contribution is -0.253. The van der Waals surface area contributed by atoms with Crippen LogP contribution in [-0.2, 0) is 14.2 Å². The van der Waals surface area contributed by atoms with Gasteiger partial charge in [0.15, 0.2) is 17.8 Å². The van der Waals surface area contributed by atoms with Gasteiger partial charge in [-0.3, -0.25) is 4.79 Å². The van der Waals surface area contributed by atoms with Crippen molar-refractivity contribution in [1.82, 2.24) is 0 Å². The second-order valence-corrected chi connectivity index (χ2v) is 9.77. The Morgan fingerprint density at radius 1 is 1.00 bits per heavy atom. The van der Waals surface area contributed by atoms with E-state index in [0.717, 1.165) is 12.1 Å². The maximum absolute atomic E-state index is 13.3. The van der Waals surface area contributed by atoms with E-state index in [-0.39, 0.29) is 28.1 Å². The van der Waals surface area contributed by atoms with Gasteiger partial charge in [-0.1, -0.05) is 0 Å². The number of ether oxygens (including phenoxy) is 4. The molecule has 40 heavy (non-hydrogen) atoms. The minimum Gasteiger partial charge on any atom is -0.507 e. The first-order valence-corrected chi connectivity index (χ1v) is 12.1. The highest BCUT2D eigenvalue weighted by molar-refractivity contribution is 5.96. The zero-order valence-corrected chi connectivity index (χ0v) is 20.9. The van der Waals surface area contributed by atoms with Crippen LogP contribution in [0.3, 0.4) is 0 Å². The van der Waals surface area contributed by atoms with Crippen LogP contribution >= 0.6 is 0 Å². The van der Waals surface area contributed by atoms with Gasteiger partial charge in [-0.05, 0) is 6.07 Å². The number of aromatic hydroxyl groups is 3. The Bertz CT molecular complexity index is 1490. The van der Waals surface area contributed by atoms with Crippen molar-refractivity contribution in [1.29, 1.82) is 0 Å². The third-order valence-corrected chi connectivity index (χ3v) is 7.26. The fourth-order valence-corrected chi connectivity index (χ4v) is 4.91. The van der Waals surface area contributed by atoms with E-state index in [0.29, 0.717) is 0 Å². The topological polar surface area (TPSA) is 249 Å². The number of aliphatic hydroxyl groups is 6. The third-order valence-electron chi connectivity index (χ3n) is 7.26. The van der Waals surface area contributed by atoms with Crippen LogP contribution in [0.25, 0.3) is 21.9 Å². The van der Waals surface area contributed by atoms with E-state index in [1.165, 1.54) is 13.2 Å². The summed E-state index contributed by atoms with van der Waals surface area (Å²) in [4.78, 5) is 13.3. The summed E-state index contributed by atoms with van der Waals surface area (Å²) in [5.41, 5.74) is -3.60. The van der Waals surface area contributed by atoms with Crippen molar-refractivity contribution in [2.24, 2.45) is 0 Å². The molecule has 3 aromatic rings. The molecule has 218 valence electrons. The summed E-state index contributed by atoms with van der Waals surface area (Å²) in [6, 6.07) is 3.29. The Morgan fingerprint density at radius 2 is 1.70 bits per heavy atom. The molecule has 2 saturated heterocycles. The molecule has 15 heteroatoms. The van der Waals surface area contributed by atoms with Gasteiger partial charge in [-0.2, -0.15) is 0 Å². The van der Waals surface area contributed by atoms with Crippen LogP contribution in [0.15, 0.2) is 27.4 Å². The van der Waals surface area contributed by atoms with Crippen LogP contribution in [0.4, 0.5) is 0 Å². The molecule has 0 bridgehead atoms. The Hall–Kier alpha value is -3.25. The summed E-state index contributed by atoms with van der Waals surface area (Å²) in [6.45, 7) is -1.84. The van der Waals surface area contributed by atoms with Gasteiger partial charge < -0.3 is 69.3 Å². The first kappa shape index (κ1) is 28.3. The zero-order chi connectivity index (χ0) is 29.1. The van der Waals surface area contributed by atoms with Crippen molar-refractivity contribution in [2.45, 2.75) is 48.5 Å². The minimum absolute atomic E-state index is 0.0441. The highest BCUT2D eigenvalue weighted by atomic mass is 16.7. The smallest absolute Gasteiger partial charge is 0.204 e. The van der Waals surface area contributed by atoms with Crippen molar-refractivity contribution in [3.63, 3.8) is 0 Å². The zero-order valence-electron chi connectivity index (χ0n) is 20.9. The van der Waals surface area contributed by atoms with Crippen molar-refractivity contribution in [3.8, 4) is 23.0 Å². The highest BCUT2D eigenvalue weighted by Crippen LogP contribution is 2.45. The van der Waals surface area contributed by atoms with Crippen LogP contribution in [0.1, 0.15) is 11.7 Å². The van der Waals surface area contributed by atoms with Crippen molar-refractivity contribution >= 4 is 21.9 Å². The molecule has 2 aliphatic heterocycles. The lowest BCUT2D eigenvalue weighted by Crippen LogP contribution is -2.56. The van der Waals surface area contributed by atoms with Crippen LogP contribution in [0.5, 0.6) is 23.0 Å². The number of hydrogen-bond donors (Lipinski definition) is 9. The molecule has 9 N–H and O–H groups in total. The second-order valence-electron chi connectivity index (χ2n) is 9.77. The number of hydrogen-bond acceptors (Lipinski definition) is 15. The molecule has 2 fully saturated rings. The van der Waals surface area contributed by atoms with Crippen molar-refractivity contribution in [3.05, 3.63) is 34.0 Å². The molecule has 0 saturated carbocycles. The standard InChI is InChI=1S/C25H28O15/c1-36-12-2-8-11(3-9(12)27)39-13-4-10(28)15(19(31)16(13)17(8)29)22-21(33)20(32)18(30)14(40-22)5-37-24-23(34)25(35,6-26)7-38-24/h2-4,14,18,20-24,26-28,30-35H,5-7H2,1H3/t14-,18-,20+,21-,22-,23+,24+,25-/m1/s1. The minimum atomic E-state index is -1.98. The number of phenols is 3. The van der Waals surface area contributed by atoms with E-state index >= 15 is 0 Å². The number of phenolic OH excluding ortho intramolecular Hbond substituents is 3. The van der Waals surface area contributed by atoms with Crippen LogP contribution in [0, 0.1) is 0 Å². The first-order valence-electron chi connectivity index (χ1n) is 12.1. The van der Waals surface area contributed by atoms with E-state index in [1.54, 1.807) is 0 Å². The molecule has 0 aliphatic carbocycles. The lowest BCUT2D eigenvalue weighted by atomic mass is 9.89. The van der Waals surface area contributed by atoms with E-state index in [4.69, 9.17) is 23.4 Å². The molecule has 2 aliphatic rings. The Balaban J connectivity index is 1.51. The molecule has 0 spiro atoms. The normalized spacial score (nSPS) is 32.6. The number of rotatable bonds is 6. The van der Waals surface area contributed by atoms with Crippen molar-refractivity contribution < 1.29 is 69.3 Å².